The van der Waals surface area contributed by atoms with Crippen molar-refractivity contribution in [2.24, 2.45) is 11.8 Å². The van der Waals surface area contributed by atoms with Crippen LogP contribution in [0.3, 0.4) is 0 Å². The van der Waals surface area contributed by atoms with Crippen LogP contribution >= 0.6 is 0 Å². The van der Waals surface area contributed by atoms with Gasteiger partial charge in [0.2, 0.25) is 0 Å². The van der Waals surface area contributed by atoms with Gasteiger partial charge in [-0.05, 0) is 68.4 Å². The predicted molar refractivity (Wildman–Crippen MR) is 134 cm³/mol. The number of hydrogen-bond donors (Lipinski definition) is 2. The lowest BCUT2D eigenvalue weighted by molar-refractivity contribution is -0.149. The predicted octanol–water partition coefficient (Wildman–Crippen LogP) is 3.23. The van der Waals surface area contributed by atoms with Gasteiger partial charge in [0, 0.05) is 5.92 Å². The molecule has 8 nitrogen and oxygen atoms in total. The topological polar surface area (TPSA) is 111 Å². The molecule has 0 saturated carbocycles. The van der Waals surface area contributed by atoms with E-state index in [4.69, 9.17) is 14.2 Å². The average molecular weight is 498 g/mol. The Morgan fingerprint density at radius 3 is 2.11 bits per heavy atom. The minimum absolute atomic E-state index is 0.212. The van der Waals surface area contributed by atoms with Crippen molar-refractivity contribution in [3.05, 3.63) is 59.2 Å². The maximum atomic E-state index is 13.6. The van der Waals surface area contributed by atoms with Crippen molar-refractivity contribution in [2.45, 2.75) is 51.6 Å². The molecule has 0 fully saturated rings. The number of carboxylic acids is 1. The fraction of sp³-hybridized carbons (Fsp3) is 0.464. The van der Waals surface area contributed by atoms with Crippen LogP contribution in [0, 0.1) is 11.8 Å². The van der Waals surface area contributed by atoms with Crippen LogP contribution in [-0.4, -0.2) is 55.7 Å². The van der Waals surface area contributed by atoms with Gasteiger partial charge in [0.05, 0.1) is 32.8 Å². The Hall–Kier alpha value is -3.39. The van der Waals surface area contributed by atoms with E-state index >= 15 is 0 Å². The number of fused-ring (bicyclic) bond motifs is 1. The highest BCUT2D eigenvalue weighted by molar-refractivity contribution is 5.91. The van der Waals surface area contributed by atoms with Gasteiger partial charge in [-0.3, -0.25) is 19.7 Å². The van der Waals surface area contributed by atoms with E-state index in [1.807, 2.05) is 36.4 Å². The molecule has 1 aliphatic rings. The van der Waals surface area contributed by atoms with Crippen LogP contribution in [-0.2, 0) is 38.4 Å². The maximum Gasteiger partial charge on any atom is 0.323 e. The molecule has 0 spiro atoms. The number of carbonyl (C=O) groups is 3. The van der Waals surface area contributed by atoms with Crippen molar-refractivity contribution in [3.63, 3.8) is 0 Å². The van der Waals surface area contributed by atoms with E-state index in [0.29, 0.717) is 24.3 Å². The van der Waals surface area contributed by atoms with E-state index in [9.17, 15) is 19.5 Å². The molecule has 0 saturated heterocycles. The molecule has 8 heteroatoms. The number of aryl methyl sites for hydroxylation is 1. The molecule has 0 aromatic heterocycles. The summed E-state index contributed by atoms with van der Waals surface area (Å²) >= 11 is 0. The number of ketones is 1. The molecular weight excluding hydrogens is 462 g/mol. The van der Waals surface area contributed by atoms with Gasteiger partial charge in [-0.25, -0.2) is 0 Å². The lowest BCUT2D eigenvalue weighted by Crippen LogP contribution is -2.50. The Morgan fingerprint density at radius 1 is 1.00 bits per heavy atom. The Balaban J connectivity index is 1.79. The SMILES string of the molecule is CCOC(=O)[C@H](CCc1ccccc1)N[C@H](C)C(=O)[C@@H]1Cc2cc(OC)c(OC)cc2C[C@@H]1C(=O)O. The molecule has 0 unspecified atom stereocenters. The molecule has 1 aliphatic carbocycles. The zero-order valence-electron chi connectivity index (χ0n) is 21.3. The van der Waals surface area contributed by atoms with E-state index < -0.39 is 35.9 Å². The standard InChI is InChI=1S/C28H35NO7/c1-5-36-28(33)23(12-11-18-9-7-6-8-10-18)29-17(2)26(30)21-13-19-15-24(34-3)25(35-4)16-20(19)14-22(21)27(31)32/h6-10,15-17,21-23,29H,5,11-14H2,1-4H3,(H,31,32)/t17-,21-,22+,23+/m1/s1. The van der Waals surface area contributed by atoms with Crippen molar-refractivity contribution in [1.29, 1.82) is 0 Å². The molecule has 2 N–H and O–H groups in total. The summed E-state index contributed by atoms with van der Waals surface area (Å²) in [6.07, 6.45) is 1.57. The third-order valence-electron chi connectivity index (χ3n) is 6.77. The number of methoxy groups -OCH3 is 2. The van der Waals surface area contributed by atoms with Crippen molar-refractivity contribution in [2.75, 3.05) is 20.8 Å². The number of aliphatic carboxylic acids is 1. The smallest absolute Gasteiger partial charge is 0.323 e. The van der Waals surface area contributed by atoms with Crippen LogP contribution in [0.2, 0.25) is 0 Å². The summed E-state index contributed by atoms with van der Waals surface area (Å²) in [5.74, 6) is -2.25. The Labute approximate surface area is 211 Å². The number of hydrogen-bond acceptors (Lipinski definition) is 7. The molecule has 2 aromatic rings. The van der Waals surface area contributed by atoms with Crippen LogP contribution in [0.1, 0.15) is 37.0 Å². The summed E-state index contributed by atoms with van der Waals surface area (Å²) in [5.41, 5.74) is 2.77. The number of Topliss-reactive ketones (excluding diaryl/α,β-unsaturated/α-hetero) is 1. The van der Waals surface area contributed by atoms with Crippen molar-refractivity contribution in [1.82, 2.24) is 5.32 Å². The number of carboxylic acid groups (broad SMARTS) is 1. The van der Waals surface area contributed by atoms with Crippen LogP contribution < -0.4 is 14.8 Å². The van der Waals surface area contributed by atoms with Gasteiger partial charge in [-0.1, -0.05) is 30.3 Å². The summed E-state index contributed by atoms with van der Waals surface area (Å²) in [7, 11) is 3.06. The maximum absolute atomic E-state index is 13.6. The van der Waals surface area contributed by atoms with Gasteiger partial charge in [0.25, 0.3) is 0 Å². The van der Waals surface area contributed by atoms with E-state index in [-0.39, 0.29) is 25.2 Å². The molecule has 36 heavy (non-hydrogen) atoms. The average Bonchev–Trinajstić information content (AvgIpc) is 2.89. The molecule has 0 radical (unpaired) electrons. The first-order valence-corrected chi connectivity index (χ1v) is 12.3. The largest absolute Gasteiger partial charge is 0.493 e. The van der Waals surface area contributed by atoms with Gasteiger partial charge in [0.15, 0.2) is 17.3 Å². The summed E-state index contributed by atoms with van der Waals surface area (Å²) in [5, 5.41) is 13.1. The van der Waals surface area contributed by atoms with Crippen LogP contribution in [0.15, 0.2) is 42.5 Å². The minimum atomic E-state index is -1.02. The summed E-state index contributed by atoms with van der Waals surface area (Å²) in [6, 6.07) is 11.9. The second-order valence-electron chi connectivity index (χ2n) is 9.06. The second-order valence-corrected chi connectivity index (χ2v) is 9.06. The molecule has 3 rings (SSSR count). The quantitative estimate of drug-likeness (QED) is 0.430. The van der Waals surface area contributed by atoms with Crippen molar-refractivity contribution in [3.8, 4) is 11.5 Å². The third-order valence-corrected chi connectivity index (χ3v) is 6.77. The normalized spacial score (nSPS) is 18.4. The number of rotatable bonds is 12. The molecule has 4 atom stereocenters. The minimum Gasteiger partial charge on any atom is -0.493 e. The monoisotopic (exact) mass is 497 g/mol. The summed E-state index contributed by atoms with van der Waals surface area (Å²) in [6.45, 7) is 3.65. The Bertz CT molecular complexity index is 1070. The molecule has 0 amide bonds. The summed E-state index contributed by atoms with van der Waals surface area (Å²) < 4.78 is 16.0. The van der Waals surface area contributed by atoms with Gasteiger partial charge in [-0.2, -0.15) is 0 Å². The zero-order chi connectivity index (χ0) is 26.2. The molecule has 0 heterocycles. The molecule has 2 aromatic carbocycles. The fourth-order valence-corrected chi connectivity index (χ4v) is 4.83. The highest BCUT2D eigenvalue weighted by Crippen LogP contribution is 2.38. The molecule has 194 valence electrons. The highest BCUT2D eigenvalue weighted by Gasteiger charge is 2.40. The number of ether oxygens (including phenoxy) is 3. The summed E-state index contributed by atoms with van der Waals surface area (Å²) in [4.78, 5) is 38.4. The van der Waals surface area contributed by atoms with Gasteiger partial charge >= 0.3 is 11.9 Å². The van der Waals surface area contributed by atoms with Crippen LogP contribution in [0.25, 0.3) is 0 Å². The zero-order valence-corrected chi connectivity index (χ0v) is 21.3. The number of carbonyl (C=O) groups excluding carboxylic acids is 2. The third kappa shape index (κ3) is 6.43. The first-order valence-electron chi connectivity index (χ1n) is 12.3. The van der Waals surface area contributed by atoms with Gasteiger partial charge in [0.1, 0.15) is 6.04 Å². The first kappa shape index (κ1) is 27.2. The van der Waals surface area contributed by atoms with E-state index in [1.165, 1.54) is 14.2 Å². The van der Waals surface area contributed by atoms with Gasteiger partial charge < -0.3 is 19.3 Å². The Kier molecular flexibility index (Phi) is 9.47. The number of esters is 1. The first-order chi connectivity index (χ1) is 17.3. The number of nitrogens with one attached hydrogen (secondary N) is 1. The second kappa shape index (κ2) is 12.5. The van der Waals surface area contributed by atoms with Gasteiger partial charge in [-0.15, -0.1) is 0 Å². The number of benzene rings is 2. The van der Waals surface area contributed by atoms with Crippen LogP contribution in [0.5, 0.6) is 11.5 Å². The highest BCUT2D eigenvalue weighted by atomic mass is 16.5. The van der Waals surface area contributed by atoms with Crippen molar-refractivity contribution < 1.29 is 33.7 Å². The van der Waals surface area contributed by atoms with Crippen LogP contribution in [0.4, 0.5) is 0 Å². The lowest BCUT2D eigenvalue weighted by atomic mass is 9.72. The molecular formula is C28H35NO7. The lowest BCUT2D eigenvalue weighted by Gasteiger charge is -2.32. The molecule has 0 bridgehead atoms. The van der Waals surface area contributed by atoms with E-state index in [0.717, 1.165) is 16.7 Å². The van der Waals surface area contributed by atoms with E-state index in [2.05, 4.69) is 5.32 Å². The van der Waals surface area contributed by atoms with E-state index in [1.54, 1.807) is 19.9 Å². The molecule has 0 aliphatic heterocycles. The fourth-order valence-electron chi connectivity index (χ4n) is 4.83. The Morgan fingerprint density at radius 2 is 1.58 bits per heavy atom. The van der Waals surface area contributed by atoms with Crippen molar-refractivity contribution >= 4 is 17.7 Å².